The van der Waals surface area contributed by atoms with Crippen LogP contribution in [0.3, 0.4) is 0 Å². The summed E-state index contributed by atoms with van der Waals surface area (Å²) in [5.74, 6) is 0.180. The standard InChI is InChI=1S/C25H29F3N4O/c1-3-5-6-9-18-12-14-19(15-13-18)30-24-29-17-20(25(26,27)28)23(32-24)31-21-10-7-8-11-22(21)33-16-4-2/h7-8,10-15,17H,3-6,9,16H2,1-2H3,(H2,29,30,31,32). The lowest BCUT2D eigenvalue weighted by molar-refractivity contribution is -0.137. The van der Waals surface area contributed by atoms with E-state index in [-0.39, 0.29) is 11.8 Å². The second-order valence-corrected chi connectivity index (χ2v) is 7.70. The molecular formula is C25H29F3N4O. The highest BCUT2D eigenvalue weighted by Gasteiger charge is 2.35. The van der Waals surface area contributed by atoms with E-state index in [9.17, 15) is 13.2 Å². The lowest BCUT2D eigenvalue weighted by Crippen LogP contribution is -2.13. The molecule has 1 heterocycles. The van der Waals surface area contributed by atoms with Crippen LogP contribution in [-0.4, -0.2) is 16.6 Å². The number of alkyl halides is 3. The fraction of sp³-hybridized carbons (Fsp3) is 0.360. The molecule has 0 bridgehead atoms. The number of nitrogens with one attached hydrogen (secondary N) is 2. The molecule has 0 saturated heterocycles. The summed E-state index contributed by atoms with van der Waals surface area (Å²) in [5.41, 5.74) is 1.36. The van der Waals surface area contributed by atoms with Crippen LogP contribution >= 0.6 is 0 Å². The second kappa shape index (κ2) is 11.5. The van der Waals surface area contributed by atoms with Crippen molar-refractivity contribution in [1.29, 1.82) is 0 Å². The minimum Gasteiger partial charge on any atom is -0.491 e. The van der Waals surface area contributed by atoms with Gasteiger partial charge in [0.05, 0.1) is 12.3 Å². The van der Waals surface area contributed by atoms with E-state index in [0.717, 1.165) is 31.9 Å². The van der Waals surface area contributed by atoms with Crippen molar-refractivity contribution in [2.24, 2.45) is 0 Å². The Morgan fingerprint density at radius 3 is 2.36 bits per heavy atom. The Balaban J connectivity index is 1.82. The monoisotopic (exact) mass is 458 g/mol. The van der Waals surface area contributed by atoms with Gasteiger partial charge in [0, 0.05) is 11.9 Å². The molecule has 0 atom stereocenters. The molecule has 33 heavy (non-hydrogen) atoms. The maximum Gasteiger partial charge on any atom is 0.421 e. The zero-order chi connectivity index (χ0) is 23.7. The number of halogens is 3. The van der Waals surface area contributed by atoms with Gasteiger partial charge in [-0.3, -0.25) is 0 Å². The van der Waals surface area contributed by atoms with Crippen molar-refractivity contribution >= 4 is 23.1 Å². The first-order valence-electron chi connectivity index (χ1n) is 11.2. The van der Waals surface area contributed by atoms with Crippen LogP contribution in [0.1, 0.15) is 50.7 Å². The molecule has 3 rings (SSSR count). The second-order valence-electron chi connectivity index (χ2n) is 7.70. The van der Waals surface area contributed by atoms with E-state index in [4.69, 9.17) is 4.74 Å². The van der Waals surface area contributed by atoms with Crippen molar-refractivity contribution in [2.45, 2.75) is 52.1 Å². The normalized spacial score (nSPS) is 11.3. The zero-order valence-electron chi connectivity index (χ0n) is 18.9. The molecule has 1 aromatic heterocycles. The summed E-state index contributed by atoms with van der Waals surface area (Å²) >= 11 is 0. The summed E-state index contributed by atoms with van der Waals surface area (Å²) in [6.45, 7) is 4.57. The highest BCUT2D eigenvalue weighted by molar-refractivity contribution is 5.67. The minimum absolute atomic E-state index is 0.0659. The van der Waals surface area contributed by atoms with Crippen molar-refractivity contribution in [3.63, 3.8) is 0 Å². The highest BCUT2D eigenvalue weighted by atomic mass is 19.4. The van der Waals surface area contributed by atoms with E-state index < -0.39 is 11.7 Å². The third-order valence-corrected chi connectivity index (χ3v) is 4.98. The number of para-hydroxylation sites is 2. The Morgan fingerprint density at radius 2 is 1.67 bits per heavy atom. The van der Waals surface area contributed by atoms with Crippen LogP contribution in [0.15, 0.2) is 54.7 Å². The molecule has 8 heteroatoms. The third-order valence-electron chi connectivity index (χ3n) is 4.98. The summed E-state index contributed by atoms with van der Waals surface area (Å²) in [7, 11) is 0. The van der Waals surface area contributed by atoms with Crippen molar-refractivity contribution in [3.05, 3.63) is 65.9 Å². The van der Waals surface area contributed by atoms with Gasteiger partial charge in [-0.1, -0.05) is 51.0 Å². The molecule has 0 amide bonds. The molecule has 0 unspecified atom stereocenters. The smallest absolute Gasteiger partial charge is 0.421 e. The zero-order valence-corrected chi connectivity index (χ0v) is 18.9. The van der Waals surface area contributed by atoms with Crippen molar-refractivity contribution in [2.75, 3.05) is 17.2 Å². The molecule has 3 aromatic rings. The molecule has 2 N–H and O–H groups in total. The van der Waals surface area contributed by atoms with Crippen LogP contribution in [0.5, 0.6) is 5.75 Å². The number of unbranched alkanes of at least 4 members (excludes halogenated alkanes) is 2. The summed E-state index contributed by atoms with van der Waals surface area (Å²) in [5, 5.41) is 5.78. The molecule has 176 valence electrons. The molecule has 2 aromatic carbocycles. The third kappa shape index (κ3) is 7.10. The number of ether oxygens (including phenoxy) is 1. The average Bonchev–Trinajstić information content (AvgIpc) is 2.79. The minimum atomic E-state index is -4.61. The lowest BCUT2D eigenvalue weighted by Gasteiger charge is -2.17. The fourth-order valence-electron chi connectivity index (χ4n) is 3.24. The Kier molecular flexibility index (Phi) is 8.52. The van der Waals surface area contributed by atoms with Crippen LogP contribution in [0.4, 0.5) is 36.3 Å². The lowest BCUT2D eigenvalue weighted by atomic mass is 10.1. The quantitative estimate of drug-likeness (QED) is 0.291. The first kappa shape index (κ1) is 24.4. The van der Waals surface area contributed by atoms with Crippen LogP contribution in [0, 0.1) is 0 Å². The number of nitrogens with zero attached hydrogens (tertiary/aromatic N) is 2. The maximum absolute atomic E-state index is 13.6. The number of rotatable bonds is 11. The van der Waals surface area contributed by atoms with E-state index >= 15 is 0 Å². The van der Waals surface area contributed by atoms with Gasteiger partial charge < -0.3 is 15.4 Å². The Hall–Kier alpha value is -3.29. The van der Waals surface area contributed by atoms with Gasteiger partial charge in [0.2, 0.25) is 5.95 Å². The number of hydrogen-bond donors (Lipinski definition) is 2. The van der Waals surface area contributed by atoms with E-state index in [1.165, 1.54) is 12.0 Å². The Morgan fingerprint density at radius 1 is 0.909 bits per heavy atom. The molecule has 0 spiro atoms. The van der Waals surface area contributed by atoms with Gasteiger partial charge in [-0.25, -0.2) is 4.98 Å². The average molecular weight is 459 g/mol. The maximum atomic E-state index is 13.6. The van der Waals surface area contributed by atoms with Crippen LogP contribution in [-0.2, 0) is 12.6 Å². The first-order valence-corrected chi connectivity index (χ1v) is 11.2. The van der Waals surface area contributed by atoms with E-state index in [1.54, 1.807) is 24.3 Å². The highest BCUT2D eigenvalue weighted by Crippen LogP contribution is 2.37. The van der Waals surface area contributed by atoms with Gasteiger partial charge in [0.15, 0.2) is 0 Å². The topological polar surface area (TPSA) is 59.1 Å². The van der Waals surface area contributed by atoms with E-state index in [0.29, 0.717) is 23.7 Å². The van der Waals surface area contributed by atoms with Crippen molar-refractivity contribution < 1.29 is 17.9 Å². The van der Waals surface area contributed by atoms with Crippen LogP contribution in [0.2, 0.25) is 0 Å². The van der Waals surface area contributed by atoms with Gasteiger partial charge in [0.1, 0.15) is 17.1 Å². The molecule has 5 nitrogen and oxygen atoms in total. The predicted octanol–water partition coefficient (Wildman–Crippen LogP) is 7.50. The number of benzene rings is 2. The van der Waals surface area contributed by atoms with Crippen LogP contribution in [0.25, 0.3) is 0 Å². The Labute approximate surface area is 192 Å². The van der Waals surface area contributed by atoms with Gasteiger partial charge in [-0.05, 0) is 49.1 Å². The number of hydrogen-bond acceptors (Lipinski definition) is 5. The molecule has 0 radical (unpaired) electrons. The van der Waals surface area contributed by atoms with Crippen molar-refractivity contribution in [1.82, 2.24) is 9.97 Å². The summed E-state index contributed by atoms with van der Waals surface area (Å²) in [6, 6.07) is 14.6. The van der Waals surface area contributed by atoms with Gasteiger partial charge >= 0.3 is 6.18 Å². The number of anilines is 4. The SMILES string of the molecule is CCCCCc1ccc(Nc2ncc(C(F)(F)F)c(Nc3ccccc3OCCC)n2)cc1. The first-order chi connectivity index (χ1) is 15.9. The summed E-state index contributed by atoms with van der Waals surface area (Å²) < 4.78 is 46.5. The molecule has 0 aliphatic rings. The van der Waals surface area contributed by atoms with Crippen LogP contribution < -0.4 is 15.4 Å². The Bertz CT molecular complexity index is 1020. The number of aryl methyl sites for hydroxylation is 1. The van der Waals surface area contributed by atoms with Gasteiger partial charge in [-0.2, -0.15) is 18.2 Å². The summed E-state index contributed by atoms with van der Waals surface area (Å²) in [6.07, 6.45) is 1.42. The fourth-order valence-corrected chi connectivity index (χ4v) is 3.24. The van der Waals surface area contributed by atoms with Gasteiger partial charge in [0.25, 0.3) is 0 Å². The van der Waals surface area contributed by atoms with Gasteiger partial charge in [-0.15, -0.1) is 0 Å². The molecule has 0 aliphatic carbocycles. The molecule has 0 fully saturated rings. The molecule has 0 aliphatic heterocycles. The molecule has 0 saturated carbocycles. The largest absolute Gasteiger partial charge is 0.491 e. The van der Waals surface area contributed by atoms with E-state index in [2.05, 4.69) is 27.5 Å². The van der Waals surface area contributed by atoms with Crippen molar-refractivity contribution in [3.8, 4) is 5.75 Å². The molecular weight excluding hydrogens is 429 g/mol. The summed E-state index contributed by atoms with van der Waals surface area (Å²) in [4.78, 5) is 8.01. The predicted molar refractivity (Wildman–Crippen MR) is 125 cm³/mol. The van der Waals surface area contributed by atoms with E-state index in [1.807, 2.05) is 31.2 Å². The number of aromatic nitrogens is 2.